The molecule has 0 bridgehead atoms. The van der Waals surface area contributed by atoms with Gasteiger partial charge in [-0.2, -0.15) is 0 Å². The van der Waals surface area contributed by atoms with Crippen LogP contribution in [0.5, 0.6) is 0 Å². The van der Waals surface area contributed by atoms with Gasteiger partial charge in [0.25, 0.3) is 0 Å². The molecular formula is C26H38O5Si2. The second-order valence-electron chi connectivity index (χ2n) is 9.83. The Bertz CT molecular complexity index is 830. The molecule has 0 saturated heterocycles. The quantitative estimate of drug-likeness (QED) is 0.194. The third-order valence-electron chi connectivity index (χ3n) is 5.44. The summed E-state index contributed by atoms with van der Waals surface area (Å²) in [5.41, 5.74) is 3.41. The fourth-order valence-corrected chi connectivity index (χ4v) is 12.5. The summed E-state index contributed by atoms with van der Waals surface area (Å²) in [5, 5.41) is 0. The van der Waals surface area contributed by atoms with Gasteiger partial charge in [0.2, 0.25) is 0 Å². The molecule has 0 aromatic heterocycles. The molecule has 0 unspecified atom stereocenters. The number of hydrogen-bond donors (Lipinski definition) is 0. The van der Waals surface area contributed by atoms with Crippen molar-refractivity contribution in [1.82, 2.24) is 0 Å². The standard InChI is InChI=1S/C26H38O5Si2/c1-21-9-13-23(14-10-21)25(27)29-17-7-19-32(3,4)31-33(5,6)20-8-18-30-26(28)24-15-11-22(2)12-16-24/h9-16H,7-8,17-20H2,1-6H3. The van der Waals surface area contributed by atoms with Crippen LogP contribution in [0, 0.1) is 13.8 Å². The van der Waals surface area contributed by atoms with Gasteiger partial charge < -0.3 is 13.6 Å². The summed E-state index contributed by atoms with van der Waals surface area (Å²) in [6, 6.07) is 16.7. The van der Waals surface area contributed by atoms with Gasteiger partial charge in [0.1, 0.15) is 0 Å². The number of rotatable bonds is 12. The van der Waals surface area contributed by atoms with Gasteiger partial charge in [-0.1, -0.05) is 35.4 Å². The molecule has 0 aliphatic heterocycles. The number of hydrogen-bond acceptors (Lipinski definition) is 5. The van der Waals surface area contributed by atoms with Crippen LogP contribution in [-0.2, 0) is 13.6 Å². The Morgan fingerprint density at radius 2 is 0.970 bits per heavy atom. The molecule has 0 saturated carbocycles. The van der Waals surface area contributed by atoms with E-state index in [0.29, 0.717) is 24.3 Å². The molecule has 180 valence electrons. The summed E-state index contributed by atoms with van der Waals surface area (Å²) >= 11 is 0. The molecule has 2 rings (SSSR count). The molecule has 0 radical (unpaired) electrons. The van der Waals surface area contributed by atoms with E-state index in [0.717, 1.165) is 36.1 Å². The van der Waals surface area contributed by atoms with E-state index in [9.17, 15) is 9.59 Å². The molecule has 0 N–H and O–H groups in total. The van der Waals surface area contributed by atoms with Gasteiger partial charge in [-0.25, -0.2) is 9.59 Å². The minimum Gasteiger partial charge on any atom is -0.462 e. The fraction of sp³-hybridized carbons (Fsp3) is 0.462. The molecule has 0 aliphatic carbocycles. The second kappa shape index (κ2) is 12.3. The van der Waals surface area contributed by atoms with Crippen LogP contribution in [0.2, 0.25) is 38.3 Å². The summed E-state index contributed by atoms with van der Waals surface area (Å²) in [4.78, 5) is 24.3. The molecule has 2 aromatic carbocycles. The Morgan fingerprint density at radius 3 is 1.30 bits per heavy atom. The molecule has 5 nitrogen and oxygen atoms in total. The molecule has 0 spiro atoms. The highest BCUT2D eigenvalue weighted by atomic mass is 28.4. The molecule has 33 heavy (non-hydrogen) atoms. The summed E-state index contributed by atoms with van der Waals surface area (Å²) in [5.74, 6) is -0.546. The smallest absolute Gasteiger partial charge is 0.338 e. The van der Waals surface area contributed by atoms with Crippen LogP contribution in [0.4, 0.5) is 0 Å². The minimum atomic E-state index is -1.87. The van der Waals surface area contributed by atoms with Gasteiger partial charge in [-0.15, -0.1) is 0 Å². The van der Waals surface area contributed by atoms with E-state index < -0.39 is 16.6 Å². The van der Waals surface area contributed by atoms with Gasteiger partial charge in [-0.05, 0) is 89.2 Å². The van der Waals surface area contributed by atoms with E-state index >= 15 is 0 Å². The van der Waals surface area contributed by atoms with Crippen molar-refractivity contribution >= 4 is 28.6 Å². The lowest BCUT2D eigenvalue weighted by atomic mass is 10.1. The van der Waals surface area contributed by atoms with Crippen LogP contribution in [0.25, 0.3) is 0 Å². The van der Waals surface area contributed by atoms with Crippen molar-refractivity contribution in [2.75, 3.05) is 13.2 Å². The first-order valence-corrected chi connectivity index (χ1v) is 17.9. The molecule has 2 aromatic rings. The van der Waals surface area contributed by atoms with Crippen LogP contribution in [0.1, 0.15) is 44.7 Å². The highest BCUT2D eigenvalue weighted by Gasteiger charge is 2.32. The van der Waals surface area contributed by atoms with Gasteiger partial charge in [-0.3, -0.25) is 0 Å². The van der Waals surface area contributed by atoms with Crippen LogP contribution in [-0.4, -0.2) is 41.8 Å². The molecule has 0 fully saturated rings. The predicted octanol–water partition coefficient (Wildman–Crippen LogP) is 6.52. The fourth-order valence-electron chi connectivity index (χ4n) is 3.72. The van der Waals surface area contributed by atoms with Crippen LogP contribution < -0.4 is 0 Å². The number of benzene rings is 2. The van der Waals surface area contributed by atoms with Crippen molar-refractivity contribution in [2.24, 2.45) is 0 Å². The van der Waals surface area contributed by atoms with Crippen molar-refractivity contribution in [3.63, 3.8) is 0 Å². The Hall–Kier alpha value is -2.23. The lowest BCUT2D eigenvalue weighted by molar-refractivity contribution is 0.0496. The largest absolute Gasteiger partial charge is 0.462 e. The third-order valence-corrected chi connectivity index (χ3v) is 13.0. The summed E-state index contributed by atoms with van der Waals surface area (Å²) < 4.78 is 17.5. The first-order chi connectivity index (χ1) is 15.5. The Kier molecular flexibility index (Phi) is 10.1. The predicted molar refractivity (Wildman–Crippen MR) is 138 cm³/mol. The van der Waals surface area contributed by atoms with Crippen molar-refractivity contribution < 1.29 is 23.2 Å². The van der Waals surface area contributed by atoms with Crippen LogP contribution in [0.3, 0.4) is 0 Å². The summed E-state index contributed by atoms with van der Waals surface area (Å²) in [6.45, 7) is 13.7. The Balaban J connectivity index is 1.67. The molecule has 0 heterocycles. The van der Waals surface area contributed by atoms with E-state index in [4.69, 9.17) is 13.6 Å². The number of aryl methyl sites for hydroxylation is 2. The maximum absolute atomic E-state index is 12.1. The zero-order valence-corrected chi connectivity index (χ0v) is 22.9. The summed E-state index contributed by atoms with van der Waals surface area (Å²) in [7, 11) is -3.75. The highest BCUT2D eigenvalue weighted by molar-refractivity contribution is 6.84. The first kappa shape index (κ1) is 27.0. The van der Waals surface area contributed by atoms with Crippen molar-refractivity contribution in [3.05, 3.63) is 70.8 Å². The zero-order valence-electron chi connectivity index (χ0n) is 20.9. The number of carbonyl (C=O) groups is 2. The molecule has 0 amide bonds. The van der Waals surface area contributed by atoms with Gasteiger partial charge in [0, 0.05) is 0 Å². The van der Waals surface area contributed by atoms with E-state index in [2.05, 4.69) is 26.2 Å². The van der Waals surface area contributed by atoms with Crippen molar-refractivity contribution in [2.45, 2.75) is 65.0 Å². The first-order valence-electron chi connectivity index (χ1n) is 11.7. The number of carbonyl (C=O) groups excluding carboxylic acids is 2. The summed E-state index contributed by atoms with van der Waals surface area (Å²) in [6.07, 6.45) is 1.60. The van der Waals surface area contributed by atoms with Crippen LogP contribution >= 0.6 is 0 Å². The maximum Gasteiger partial charge on any atom is 0.338 e. The van der Waals surface area contributed by atoms with Crippen LogP contribution in [0.15, 0.2) is 48.5 Å². The highest BCUT2D eigenvalue weighted by Crippen LogP contribution is 2.24. The molecule has 0 atom stereocenters. The van der Waals surface area contributed by atoms with Gasteiger partial charge >= 0.3 is 11.9 Å². The van der Waals surface area contributed by atoms with E-state index in [-0.39, 0.29) is 11.9 Å². The van der Waals surface area contributed by atoms with E-state index in [1.807, 2.05) is 38.1 Å². The lowest BCUT2D eigenvalue weighted by Crippen LogP contribution is -2.44. The minimum absolute atomic E-state index is 0.273. The monoisotopic (exact) mass is 486 g/mol. The Morgan fingerprint density at radius 1 is 0.636 bits per heavy atom. The van der Waals surface area contributed by atoms with Gasteiger partial charge in [0.15, 0.2) is 16.6 Å². The van der Waals surface area contributed by atoms with E-state index in [1.165, 1.54) is 0 Å². The topological polar surface area (TPSA) is 61.8 Å². The molecular weight excluding hydrogens is 448 g/mol. The van der Waals surface area contributed by atoms with Crippen molar-refractivity contribution in [3.8, 4) is 0 Å². The second-order valence-corrected chi connectivity index (χ2v) is 18.7. The maximum atomic E-state index is 12.1. The SMILES string of the molecule is Cc1ccc(C(=O)OCCC[Si](C)(C)O[Si](C)(C)CCCOC(=O)c2ccc(C)cc2)cc1. The zero-order chi connectivity index (χ0) is 24.5. The number of esters is 2. The average molecular weight is 487 g/mol. The van der Waals surface area contributed by atoms with Gasteiger partial charge in [0.05, 0.1) is 24.3 Å². The average Bonchev–Trinajstić information content (AvgIpc) is 2.74. The third kappa shape index (κ3) is 10.1. The van der Waals surface area contributed by atoms with E-state index in [1.54, 1.807) is 24.3 Å². The lowest BCUT2D eigenvalue weighted by Gasteiger charge is -2.34. The normalized spacial score (nSPS) is 11.8. The molecule has 0 aliphatic rings. The Labute approximate surface area is 200 Å². The number of ether oxygens (including phenoxy) is 2. The molecule has 7 heteroatoms. The van der Waals surface area contributed by atoms with Crippen molar-refractivity contribution in [1.29, 1.82) is 0 Å².